The molecular weight excluding hydrogens is 363 g/mol. The van der Waals surface area contributed by atoms with Crippen LogP contribution in [0.1, 0.15) is 0 Å². The lowest BCUT2D eigenvalue weighted by Gasteiger charge is -1.96. The minimum atomic E-state index is -3.82. The average Bonchev–Trinajstić information content (AvgIpc) is 2.62. The van der Waals surface area contributed by atoms with E-state index in [1.54, 1.807) is 11.6 Å². The fraction of sp³-hybridized carbons (Fsp3) is 0. The van der Waals surface area contributed by atoms with E-state index < -0.39 is 10.1 Å². The summed E-state index contributed by atoms with van der Waals surface area (Å²) in [4.78, 5) is 4.39. The van der Waals surface area contributed by atoms with Crippen molar-refractivity contribution < 1.29 is 10.9 Å². The second-order valence-corrected chi connectivity index (χ2v) is 6.01. The lowest BCUT2D eigenvalue weighted by Crippen LogP contribution is -2.03. The maximum atomic E-state index is 11.4. The predicted octanol–water partition coefficient (Wildman–Crippen LogP) is 2.10. The highest BCUT2D eigenvalue weighted by molar-refractivity contribution is 14.1. The highest BCUT2D eigenvalue weighted by Crippen LogP contribution is 2.27. The second-order valence-electron chi connectivity index (χ2n) is 2.28. The van der Waals surface area contributed by atoms with Crippen LogP contribution in [0.4, 0.5) is 0 Å². The topological polar surface area (TPSA) is 60.7 Å². The van der Waals surface area contributed by atoms with Crippen molar-refractivity contribution in [2.45, 2.75) is 5.03 Å². The van der Waals surface area contributed by atoms with Gasteiger partial charge in [-0.1, -0.05) is 11.6 Å². The standard InChI is InChI=1S/C5H2ClIN2O3S2/c6-3-4(14(10,11)12-7)9-1-2-13-5(9)8-3/h1-2H. The molecule has 0 aromatic carbocycles. The Morgan fingerprint density at radius 1 is 1.64 bits per heavy atom. The molecule has 0 radical (unpaired) electrons. The number of halogens is 2. The Hall–Kier alpha value is 0.1000. The van der Waals surface area contributed by atoms with Crippen LogP contribution in [-0.4, -0.2) is 17.8 Å². The summed E-state index contributed by atoms with van der Waals surface area (Å²) < 4.78 is 28.6. The Morgan fingerprint density at radius 3 is 3.00 bits per heavy atom. The Morgan fingerprint density at radius 2 is 2.36 bits per heavy atom. The Labute approximate surface area is 102 Å². The maximum absolute atomic E-state index is 11.4. The van der Waals surface area contributed by atoms with E-state index >= 15 is 0 Å². The molecule has 0 fully saturated rings. The molecule has 2 rings (SSSR count). The summed E-state index contributed by atoms with van der Waals surface area (Å²) in [7, 11) is -3.82. The molecule has 76 valence electrons. The van der Waals surface area contributed by atoms with Gasteiger partial charge >= 0.3 is 10.1 Å². The van der Waals surface area contributed by atoms with Gasteiger partial charge in [-0.05, 0) is 0 Å². The van der Waals surface area contributed by atoms with Crippen LogP contribution in [0.15, 0.2) is 16.6 Å². The fourth-order valence-corrected chi connectivity index (χ4v) is 3.48. The summed E-state index contributed by atoms with van der Waals surface area (Å²) >= 11 is 8.27. The third-order valence-electron chi connectivity index (χ3n) is 1.50. The summed E-state index contributed by atoms with van der Waals surface area (Å²) in [6.45, 7) is 0. The van der Waals surface area contributed by atoms with Crippen molar-refractivity contribution in [3.63, 3.8) is 0 Å². The first-order chi connectivity index (χ1) is 6.56. The van der Waals surface area contributed by atoms with E-state index in [4.69, 9.17) is 11.6 Å². The maximum Gasteiger partial charge on any atom is 0.325 e. The zero-order valence-electron chi connectivity index (χ0n) is 6.35. The zero-order chi connectivity index (χ0) is 10.3. The van der Waals surface area contributed by atoms with Crippen LogP contribution in [-0.2, 0) is 12.6 Å². The Bertz CT molecular complexity index is 575. The molecule has 0 N–H and O–H groups in total. The minimum absolute atomic E-state index is 0.0754. The zero-order valence-corrected chi connectivity index (χ0v) is 10.9. The molecule has 0 saturated carbocycles. The summed E-state index contributed by atoms with van der Waals surface area (Å²) in [5.74, 6) is 0. The molecule has 0 spiro atoms. The molecule has 0 aliphatic heterocycles. The van der Waals surface area contributed by atoms with E-state index in [0.717, 1.165) is 0 Å². The van der Waals surface area contributed by atoms with E-state index in [1.807, 2.05) is 0 Å². The summed E-state index contributed by atoms with van der Waals surface area (Å²) in [6, 6.07) is 0. The van der Waals surface area contributed by atoms with Crippen LogP contribution < -0.4 is 0 Å². The van der Waals surface area contributed by atoms with Crippen LogP contribution in [0.25, 0.3) is 4.96 Å². The number of rotatable bonds is 2. The number of fused-ring (bicyclic) bond motifs is 1. The number of aromatic nitrogens is 2. The van der Waals surface area contributed by atoms with Crippen LogP contribution in [0.5, 0.6) is 0 Å². The van der Waals surface area contributed by atoms with Crippen molar-refractivity contribution in [3.8, 4) is 0 Å². The van der Waals surface area contributed by atoms with Gasteiger partial charge < -0.3 is 0 Å². The molecule has 0 saturated heterocycles. The number of hydrogen-bond acceptors (Lipinski definition) is 5. The summed E-state index contributed by atoms with van der Waals surface area (Å²) in [5.41, 5.74) is 0. The number of nitrogens with zero attached hydrogens (tertiary/aromatic N) is 2. The van der Waals surface area contributed by atoms with E-state index in [-0.39, 0.29) is 10.2 Å². The molecule has 0 aliphatic carbocycles. The van der Waals surface area contributed by atoms with Gasteiger partial charge in [0.25, 0.3) is 0 Å². The predicted molar refractivity (Wildman–Crippen MR) is 60.4 cm³/mol. The highest BCUT2D eigenvalue weighted by atomic mass is 127. The number of thiazole rings is 1. The van der Waals surface area contributed by atoms with Gasteiger partial charge in [0.15, 0.2) is 10.1 Å². The lowest BCUT2D eigenvalue weighted by atomic mass is 10.9. The van der Waals surface area contributed by atoms with E-state index in [2.05, 4.69) is 7.50 Å². The molecule has 2 heterocycles. The third kappa shape index (κ3) is 1.54. The Kier molecular flexibility index (Phi) is 2.72. The van der Waals surface area contributed by atoms with Crippen molar-refractivity contribution in [1.29, 1.82) is 0 Å². The van der Waals surface area contributed by atoms with Crippen molar-refractivity contribution in [2.75, 3.05) is 0 Å². The van der Waals surface area contributed by atoms with Gasteiger partial charge in [-0.3, -0.25) is 4.40 Å². The van der Waals surface area contributed by atoms with Gasteiger partial charge in [-0.15, -0.1) is 11.3 Å². The van der Waals surface area contributed by atoms with Gasteiger partial charge in [0.05, 0.1) is 0 Å². The molecule has 5 nitrogen and oxygen atoms in total. The molecule has 0 unspecified atom stereocenters. The van der Waals surface area contributed by atoms with Gasteiger partial charge in [0.1, 0.15) is 23.0 Å². The Balaban J connectivity index is 2.84. The van der Waals surface area contributed by atoms with E-state index in [0.29, 0.717) is 4.96 Å². The van der Waals surface area contributed by atoms with Crippen LogP contribution in [0.3, 0.4) is 0 Å². The van der Waals surface area contributed by atoms with Crippen LogP contribution >= 0.6 is 45.9 Å². The summed E-state index contributed by atoms with van der Waals surface area (Å²) in [6.07, 6.45) is 1.57. The molecule has 0 aliphatic rings. The molecular formula is C5H2ClIN2O3S2. The number of imidazole rings is 1. The molecule has 2 aromatic heterocycles. The van der Waals surface area contributed by atoms with Crippen LogP contribution in [0, 0.1) is 0 Å². The van der Waals surface area contributed by atoms with Crippen molar-refractivity contribution in [2.24, 2.45) is 0 Å². The minimum Gasteiger partial charge on any atom is -0.278 e. The van der Waals surface area contributed by atoms with E-state index in [9.17, 15) is 8.42 Å². The third-order valence-corrected chi connectivity index (χ3v) is 5.08. The molecule has 0 bridgehead atoms. The van der Waals surface area contributed by atoms with Crippen molar-refractivity contribution in [3.05, 3.63) is 16.7 Å². The van der Waals surface area contributed by atoms with E-state index in [1.165, 1.54) is 38.7 Å². The molecule has 0 amide bonds. The van der Waals surface area contributed by atoms with Crippen LogP contribution in [0.2, 0.25) is 5.15 Å². The first-order valence-corrected chi connectivity index (χ1v) is 6.77. The molecule has 0 atom stereocenters. The SMILES string of the molecule is O=S(=O)(OI)c1c(Cl)nc2sccn12. The van der Waals surface area contributed by atoms with Gasteiger partial charge in [-0.25, -0.2) is 4.98 Å². The highest BCUT2D eigenvalue weighted by Gasteiger charge is 2.25. The molecule has 2 aromatic rings. The fourth-order valence-electron chi connectivity index (χ4n) is 0.992. The monoisotopic (exact) mass is 364 g/mol. The van der Waals surface area contributed by atoms with Crippen molar-refractivity contribution >= 4 is 61.0 Å². The molecule has 14 heavy (non-hydrogen) atoms. The van der Waals surface area contributed by atoms with Gasteiger partial charge in [-0.2, -0.15) is 10.9 Å². The quantitative estimate of drug-likeness (QED) is 0.766. The number of hydrogen-bond donors (Lipinski definition) is 0. The smallest absolute Gasteiger partial charge is 0.278 e. The lowest BCUT2D eigenvalue weighted by molar-refractivity contribution is 0.531. The second kappa shape index (κ2) is 3.59. The first-order valence-electron chi connectivity index (χ1n) is 3.22. The first kappa shape index (κ1) is 10.6. The largest absolute Gasteiger partial charge is 0.325 e. The molecule has 9 heteroatoms. The van der Waals surface area contributed by atoms with Crippen molar-refractivity contribution in [1.82, 2.24) is 9.38 Å². The average molecular weight is 365 g/mol. The van der Waals surface area contributed by atoms with Gasteiger partial charge in [0.2, 0.25) is 5.03 Å². The normalized spacial score (nSPS) is 12.4. The summed E-state index contributed by atoms with van der Waals surface area (Å²) in [5, 5.41) is 1.50. The van der Waals surface area contributed by atoms with Gasteiger partial charge in [0, 0.05) is 11.6 Å².